The second kappa shape index (κ2) is 3.03. The standard InChI is InChI=1S/C13H18N2O2/c1-6-13(17)14-5-9(16)15(6)12-10-7-2-3-8(4-7)11(10)12/h6-8,10-12H,2-5H2,1H3,(H,14,17). The molecular formula is C13H18N2O2. The summed E-state index contributed by atoms with van der Waals surface area (Å²) in [5, 5.41) is 2.67. The van der Waals surface area contributed by atoms with Gasteiger partial charge >= 0.3 is 0 Å². The zero-order valence-electron chi connectivity index (χ0n) is 10.1. The number of carbonyl (C=O) groups excluding carboxylic acids is 2. The molecule has 1 aliphatic heterocycles. The molecule has 4 aliphatic rings. The van der Waals surface area contributed by atoms with Crippen LogP contribution in [-0.4, -0.2) is 35.3 Å². The lowest BCUT2D eigenvalue weighted by atomic mass is 10.0. The second-order valence-electron chi connectivity index (χ2n) is 6.17. The van der Waals surface area contributed by atoms with Crippen LogP contribution >= 0.6 is 0 Å². The van der Waals surface area contributed by atoms with Gasteiger partial charge in [-0.3, -0.25) is 9.59 Å². The van der Waals surface area contributed by atoms with E-state index in [1.54, 1.807) is 0 Å². The number of rotatable bonds is 1. The van der Waals surface area contributed by atoms with E-state index in [2.05, 4.69) is 5.32 Å². The maximum atomic E-state index is 12.0. The van der Waals surface area contributed by atoms with Crippen LogP contribution in [0.15, 0.2) is 0 Å². The molecular weight excluding hydrogens is 216 g/mol. The van der Waals surface area contributed by atoms with Crippen LogP contribution in [0.4, 0.5) is 0 Å². The van der Waals surface area contributed by atoms with Gasteiger partial charge < -0.3 is 10.2 Å². The Morgan fingerprint density at radius 1 is 1.18 bits per heavy atom. The predicted octanol–water partition coefficient (Wildman–Crippen LogP) is 0.378. The highest BCUT2D eigenvalue weighted by molar-refractivity contribution is 5.95. The summed E-state index contributed by atoms with van der Waals surface area (Å²) in [6.07, 6.45) is 4.09. The molecule has 5 unspecified atom stereocenters. The summed E-state index contributed by atoms with van der Waals surface area (Å²) < 4.78 is 0. The Labute approximate surface area is 101 Å². The normalized spacial score (nSPS) is 51.5. The van der Waals surface area contributed by atoms with Gasteiger partial charge in [0.25, 0.3) is 0 Å². The van der Waals surface area contributed by atoms with Gasteiger partial charge in [0.1, 0.15) is 6.04 Å². The van der Waals surface area contributed by atoms with Crippen LogP contribution in [0.1, 0.15) is 26.2 Å². The number of carbonyl (C=O) groups is 2. The lowest BCUT2D eigenvalue weighted by Crippen LogP contribution is -2.58. The smallest absolute Gasteiger partial charge is 0.242 e. The SMILES string of the molecule is CC1C(=O)NCC(=O)N1C1C2C3CCC(C3)C21. The lowest BCUT2D eigenvalue weighted by Gasteiger charge is -2.34. The summed E-state index contributed by atoms with van der Waals surface area (Å²) >= 11 is 0. The largest absolute Gasteiger partial charge is 0.345 e. The Balaban J connectivity index is 1.59. The molecule has 4 rings (SSSR count). The minimum Gasteiger partial charge on any atom is -0.345 e. The number of amides is 2. The van der Waals surface area contributed by atoms with Gasteiger partial charge in [0, 0.05) is 6.04 Å². The molecule has 1 saturated heterocycles. The van der Waals surface area contributed by atoms with Gasteiger partial charge in [-0.2, -0.15) is 0 Å². The van der Waals surface area contributed by atoms with E-state index in [-0.39, 0.29) is 24.4 Å². The number of piperazine rings is 1. The fourth-order valence-corrected chi connectivity index (χ4v) is 4.82. The summed E-state index contributed by atoms with van der Waals surface area (Å²) in [7, 11) is 0. The van der Waals surface area contributed by atoms with Crippen molar-refractivity contribution < 1.29 is 9.59 Å². The summed E-state index contributed by atoms with van der Waals surface area (Å²) in [6, 6.07) is 0.140. The van der Waals surface area contributed by atoms with Crippen LogP contribution in [0.3, 0.4) is 0 Å². The Kier molecular flexibility index (Phi) is 1.77. The third kappa shape index (κ3) is 1.14. The van der Waals surface area contributed by atoms with E-state index in [4.69, 9.17) is 0 Å². The zero-order valence-corrected chi connectivity index (χ0v) is 10.1. The number of hydrogen-bond donors (Lipinski definition) is 1. The van der Waals surface area contributed by atoms with Crippen LogP contribution in [0.25, 0.3) is 0 Å². The maximum absolute atomic E-state index is 12.0. The molecule has 4 fully saturated rings. The van der Waals surface area contributed by atoms with Gasteiger partial charge in [-0.15, -0.1) is 0 Å². The fourth-order valence-electron chi connectivity index (χ4n) is 4.82. The van der Waals surface area contributed by atoms with E-state index in [0.29, 0.717) is 6.04 Å². The van der Waals surface area contributed by atoms with Gasteiger partial charge in [0.15, 0.2) is 0 Å². The van der Waals surface area contributed by atoms with Crippen LogP contribution < -0.4 is 5.32 Å². The molecule has 0 radical (unpaired) electrons. The number of nitrogens with zero attached hydrogens (tertiary/aromatic N) is 1. The maximum Gasteiger partial charge on any atom is 0.242 e. The van der Waals surface area contributed by atoms with E-state index < -0.39 is 0 Å². The topological polar surface area (TPSA) is 49.4 Å². The van der Waals surface area contributed by atoms with Crippen molar-refractivity contribution in [3.05, 3.63) is 0 Å². The fraction of sp³-hybridized carbons (Fsp3) is 0.846. The first-order valence-electron chi connectivity index (χ1n) is 6.77. The van der Waals surface area contributed by atoms with E-state index in [0.717, 1.165) is 23.7 Å². The molecule has 3 saturated carbocycles. The first kappa shape index (κ1) is 9.92. The van der Waals surface area contributed by atoms with Crippen LogP contribution in [0, 0.1) is 23.7 Å². The van der Waals surface area contributed by atoms with Crippen LogP contribution in [0.2, 0.25) is 0 Å². The summed E-state index contributed by atoms with van der Waals surface area (Å²) in [4.78, 5) is 25.6. The molecule has 17 heavy (non-hydrogen) atoms. The quantitative estimate of drug-likeness (QED) is 0.713. The van der Waals surface area contributed by atoms with E-state index in [1.807, 2.05) is 11.8 Å². The van der Waals surface area contributed by atoms with Crippen molar-refractivity contribution in [2.45, 2.75) is 38.3 Å². The molecule has 0 aromatic carbocycles. The number of fused-ring (bicyclic) bond motifs is 5. The molecule has 1 heterocycles. The minimum absolute atomic E-state index is 0.0157. The summed E-state index contributed by atoms with van der Waals surface area (Å²) in [5.74, 6) is 3.29. The van der Waals surface area contributed by atoms with Crippen LogP contribution in [0.5, 0.6) is 0 Å². The third-order valence-corrected chi connectivity index (χ3v) is 5.51. The second-order valence-corrected chi connectivity index (χ2v) is 6.17. The third-order valence-electron chi connectivity index (χ3n) is 5.51. The molecule has 5 atom stereocenters. The monoisotopic (exact) mass is 234 g/mol. The highest BCUT2D eigenvalue weighted by atomic mass is 16.2. The summed E-state index contributed by atoms with van der Waals surface area (Å²) in [5.41, 5.74) is 0. The molecule has 1 N–H and O–H groups in total. The average Bonchev–Trinajstić information content (AvgIpc) is 2.74. The average molecular weight is 234 g/mol. The Morgan fingerprint density at radius 2 is 1.82 bits per heavy atom. The Bertz CT molecular complexity index is 392. The molecule has 0 aromatic heterocycles. The van der Waals surface area contributed by atoms with Gasteiger partial charge in [0.05, 0.1) is 6.54 Å². The first-order chi connectivity index (χ1) is 8.18. The van der Waals surface area contributed by atoms with Crippen molar-refractivity contribution in [1.29, 1.82) is 0 Å². The van der Waals surface area contributed by atoms with Gasteiger partial charge in [-0.1, -0.05) is 0 Å². The van der Waals surface area contributed by atoms with Crippen LogP contribution in [-0.2, 0) is 9.59 Å². The Hall–Kier alpha value is -1.06. The van der Waals surface area contributed by atoms with Crippen molar-refractivity contribution in [1.82, 2.24) is 10.2 Å². The van der Waals surface area contributed by atoms with E-state index >= 15 is 0 Å². The predicted molar refractivity (Wildman–Crippen MR) is 60.9 cm³/mol. The molecule has 0 aromatic rings. The highest BCUT2D eigenvalue weighted by Gasteiger charge is 2.68. The number of hydrogen-bond acceptors (Lipinski definition) is 2. The molecule has 2 amide bonds. The van der Waals surface area contributed by atoms with Crippen molar-refractivity contribution in [2.75, 3.05) is 6.54 Å². The zero-order chi connectivity index (χ0) is 11.7. The highest BCUT2D eigenvalue weighted by Crippen LogP contribution is 2.67. The lowest BCUT2D eigenvalue weighted by molar-refractivity contribution is -0.146. The van der Waals surface area contributed by atoms with Crippen molar-refractivity contribution in [3.63, 3.8) is 0 Å². The van der Waals surface area contributed by atoms with E-state index in [1.165, 1.54) is 19.3 Å². The van der Waals surface area contributed by atoms with Gasteiger partial charge in [0.2, 0.25) is 11.8 Å². The first-order valence-corrected chi connectivity index (χ1v) is 6.77. The molecule has 92 valence electrons. The number of nitrogens with one attached hydrogen (secondary N) is 1. The summed E-state index contributed by atoms with van der Waals surface area (Å²) in [6.45, 7) is 2.07. The van der Waals surface area contributed by atoms with Crippen molar-refractivity contribution in [3.8, 4) is 0 Å². The van der Waals surface area contributed by atoms with Crippen molar-refractivity contribution in [2.24, 2.45) is 23.7 Å². The minimum atomic E-state index is -0.258. The molecule has 4 nitrogen and oxygen atoms in total. The van der Waals surface area contributed by atoms with Crippen molar-refractivity contribution >= 4 is 11.8 Å². The molecule has 4 heteroatoms. The Morgan fingerprint density at radius 3 is 2.47 bits per heavy atom. The van der Waals surface area contributed by atoms with Gasteiger partial charge in [-0.05, 0) is 49.9 Å². The molecule has 3 aliphatic carbocycles. The molecule has 2 bridgehead atoms. The van der Waals surface area contributed by atoms with Gasteiger partial charge in [-0.25, -0.2) is 0 Å². The molecule has 0 spiro atoms. The van der Waals surface area contributed by atoms with E-state index in [9.17, 15) is 9.59 Å².